The zero-order valence-electron chi connectivity index (χ0n) is 14.8. The molecule has 0 bridgehead atoms. The molecule has 1 amide bonds. The summed E-state index contributed by atoms with van der Waals surface area (Å²) in [7, 11) is 0. The molecule has 0 saturated carbocycles. The molecular formula is C20H25NO2S. The van der Waals surface area contributed by atoms with Crippen molar-refractivity contribution in [2.24, 2.45) is 0 Å². The summed E-state index contributed by atoms with van der Waals surface area (Å²) in [6, 6.07) is 13.9. The van der Waals surface area contributed by atoms with Crippen LogP contribution in [-0.4, -0.2) is 17.8 Å². The predicted molar refractivity (Wildman–Crippen MR) is 102 cm³/mol. The molecule has 0 aliphatic rings. The second-order valence-electron chi connectivity index (χ2n) is 5.70. The molecule has 0 saturated heterocycles. The van der Waals surface area contributed by atoms with Crippen molar-refractivity contribution in [2.45, 2.75) is 45.1 Å². The van der Waals surface area contributed by atoms with Crippen molar-refractivity contribution >= 4 is 23.4 Å². The van der Waals surface area contributed by atoms with E-state index in [1.165, 1.54) is 5.56 Å². The van der Waals surface area contributed by atoms with Crippen LogP contribution in [-0.2, 0) is 4.79 Å². The van der Waals surface area contributed by atoms with E-state index in [0.717, 1.165) is 27.6 Å². The van der Waals surface area contributed by atoms with E-state index in [-0.39, 0.29) is 5.91 Å². The fourth-order valence-corrected chi connectivity index (χ4v) is 3.23. The van der Waals surface area contributed by atoms with Crippen LogP contribution in [0.2, 0.25) is 0 Å². The Morgan fingerprint density at radius 2 is 1.92 bits per heavy atom. The lowest BCUT2D eigenvalue weighted by Gasteiger charge is -2.19. The number of hydrogen-bond acceptors (Lipinski definition) is 3. The maximum absolute atomic E-state index is 12.6. The van der Waals surface area contributed by atoms with Gasteiger partial charge in [-0.25, -0.2) is 0 Å². The van der Waals surface area contributed by atoms with Gasteiger partial charge < -0.3 is 10.1 Å². The average Bonchev–Trinajstić information content (AvgIpc) is 2.56. The van der Waals surface area contributed by atoms with E-state index in [1.807, 2.05) is 57.2 Å². The zero-order valence-corrected chi connectivity index (χ0v) is 15.6. The van der Waals surface area contributed by atoms with E-state index < -0.39 is 6.10 Å². The normalized spacial score (nSPS) is 11.8. The molecule has 1 unspecified atom stereocenters. The lowest BCUT2D eigenvalue weighted by Crippen LogP contribution is -2.32. The van der Waals surface area contributed by atoms with E-state index in [9.17, 15) is 4.79 Å². The van der Waals surface area contributed by atoms with E-state index in [1.54, 1.807) is 11.8 Å². The molecule has 2 aromatic rings. The molecule has 0 fully saturated rings. The topological polar surface area (TPSA) is 38.3 Å². The SMILES string of the molecule is CCSc1ccccc1NC(=O)C(CC)Oc1ccc(C)cc1C. The van der Waals surface area contributed by atoms with Crippen molar-refractivity contribution in [2.75, 3.05) is 11.1 Å². The minimum absolute atomic E-state index is 0.110. The van der Waals surface area contributed by atoms with Gasteiger partial charge in [0, 0.05) is 4.90 Å². The van der Waals surface area contributed by atoms with Gasteiger partial charge in [0.15, 0.2) is 6.10 Å². The van der Waals surface area contributed by atoms with E-state index in [0.29, 0.717) is 6.42 Å². The van der Waals surface area contributed by atoms with Crippen LogP contribution in [0, 0.1) is 13.8 Å². The number of ether oxygens (including phenoxy) is 1. The molecular weight excluding hydrogens is 318 g/mol. The van der Waals surface area contributed by atoms with Gasteiger partial charge in [-0.1, -0.05) is 43.7 Å². The Morgan fingerprint density at radius 1 is 1.17 bits per heavy atom. The van der Waals surface area contributed by atoms with Gasteiger partial charge in [0.2, 0.25) is 0 Å². The highest BCUT2D eigenvalue weighted by Crippen LogP contribution is 2.27. The van der Waals surface area contributed by atoms with Gasteiger partial charge in [-0.05, 0) is 49.8 Å². The number of hydrogen-bond donors (Lipinski definition) is 1. The largest absolute Gasteiger partial charge is 0.480 e. The second kappa shape index (κ2) is 8.78. The summed E-state index contributed by atoms with van der Waals surface area (Å²) in [5, 5.41) is 3.01. The fourth-order valence-electron chi connectivity index (χ4n) is 2.47. The number of rotatable bonds is 7. The standard InChI is InChI=1S/C20H25NO2S/c1-5-17(23-18-12-11-14(3)13-15(18)4)20(22)21-16-9-7-8-10-19(16)24-6-2/h7-13,17H,5-6H2,1-4H3,(H,21,22). The van der Waals surface area contributed by atoms with Crippen LogP contribution < -0.4 is 10.1 Å². The van der Waals surface area contributed by atoms with Crippen molar-refractivity contribution in [1.82, 2.24) is 0 Å². The molecule has 4 heteroatoms. The van der Waals surface area contributed by atoms with E-state index >= 15 is 0 Å². The number of benzene rings is 2. The molecule has 0 spiro atoms. The first-order valence-corrected chi connectivity index (χ1v) is 9.30. The summed E-state index contributed by atoms with van der Waals surface area (Å²) in [5.41, 5.74) is 3.07. The molecule has 2 aromatic carbocycles. The van der Waals surface area contributed by atoms with Crippen molar-refractivity contribution in [1.29, 1.82) is 0 Å². The van der Waals surface area contributed by atoms with Crippen LogP contribution >= 0.6 is 11.8 Å². The average molecular weight is 343 g/mol. The molecule has 1 N–H and O–H groups in total. The minimum Gasteiger partial charge on any atom is -0.480 e. The van der Waals surface area contributed by atoms with Crippen molar-refractivity contribution in [3.05, 3.63) is 53.6 Å². The number of anilines is 1. The van der Waals surface area contributed by atoms with Crippen molar-refractivity contribution in [3.63, 3.8) is 0 Å². The fraction of sp³-hybridized carbons (Fsp3) is 0.350. The quantitative estimate of drug-likeness (QED) is 0.701. The first-order chi connectivity index (χ1) is 11.5. The summed E-state index contributed by atoms with van der Waals surface area (Å²) in [6.45, 7) is 8.10. The highest BCUT2D eigenvalue weighted by Gasteiger charge is 2.20. The monoisotopic (exact) mass is 343 g/mol. The Labute approximate surface area is 148 Å². The van der Waals surface area contributed by atoms with Gasteiger partial charge in [-0.15, -0.1) is 11.8 Å². The second-order valence-corrected chi connectivity index (χ2v) is 7.01. The van der Waals surface area contributed by atoms with Crippen molar-refractivity contribution < 1.29 is 9.53 Å². The Morgan fingerprint density at radius 3 is 2.58 bits per heavy atom. The predicted octanol–water partition coefficient (Wildman–Crippen LogP) is 5.21. The number of amides is 1. The highest BCUT2D eigenvalue weighted by atomic mass is 32.2. The number of para-hydroxylation sites is 1. The van der Waals surface area contributed by atoms with E-state index in [2.05, 4.69) is 18.3 Å². The molecule has 3 nitrogen and oxygen atoms in total. The number of thioether (sulfide) groups is 1. The highest BCUT2D eigenvalue weighted by molar-refractivity contribution is 7.99. The van der Waals surface area contributed by atoms with Crippen molar-refractivity contribution in [3.8, 4) is 5.75 Å². The third kappa shape index (κ3) is 4.78. The number of nitrogens with one attached hydrogen (secondary N) is 1. The zero-order chi connectivity index (χ0) is 17.5. The molecule has 0 aliphatic heterocycles. The maximum atomic E-state index is 12.6. The summed E-state index contributed by atoms with van der Waals surface area (Å²) >= 11 is 1.72. The summed E-state index contributed by atoms with van der Waals surface area (Å²) in [5.74, 6) is 1.61. The van der Waals surface area contributed by atoms with E-state index in [4.69, 9.17) is 4.74 Å². The first kappa shape index (κ1) is 18.4. The van der Waals surface area contributed by atoms with Crippen LogP contribution in [0.25, 0.3) is 0 Å². The van der Waals surface area contributed by atoms with Crippen LogP contribution in [0.4, 0.5) is 5.69 Å². The molecule has 24 heavy (non-hydrogen) atoms. The molecule has 0 aliphatic carbocycles. The molecule has 0 heterocycles. The van der Waals surface area contributed by atoms with Gasteiger partial charge in [0.1, 0.15) is 5.75 Å². The van der Waals surface area contributed by atoms with Gasteiger partial charge in [0.25, 0.3) is 5.91 Å². The summed E-state index contributed by atoms with van der Waals surface area (Å²) < 4.78 is 5.96. The molecule has 0 aromatic heterocycles. The first-order valence-electron chi connectivity index (χ1n) is 8.31. The summed E-state index contributed by atoms with van der Waals surface area (Å²) in [4.78, 5) is 13.7. The molecule has 2 rings (SSSR count). The lowest BCUT2D eigenvalue weighted by atomic mass is 10.1. The smallest absolute Gasteiger partial charge is 0.265 e. The number of aryl methyl sites for hydroxylation is 2. The third-order valence-electron chi connectivity index (χ3n) is 3.71. The van der Waals surface area contributed by atoms with Gasteiger partial charge in [0.05, 0.1) is 5.69 Å². The van der Waals surface area contributed by atoms with Gasteiger partial charge >= 0.3 is 0 Å². The summed E-state index contributed by atoms with van der Waals surface area (Å²) in [6.07, 6.45) is 0.105. The molecule has 0 radical (unpaired) electrons. The lowest BCUT2D eigenvalue weighted by molar-refractivity contribution is -0.122. The van der Waals surface area contributed by atoms with Crippen LogP contribution in [0.15, 0.2) is 47.4 Å². The third-order valence-corrected chi connectivity index (χ3v) is 4.66. The Bertz CT molecular complexity index is 700. The van der Waals surface area contributed by atoms with Crippen LogP contribution in [0.3, 0.4) is 0 Å². The Balaban J connectivity index is 2.12. The Hall–Kier alpha value is -1.94. The number of carbonyl (C=O) groups excluding carboxylic acids is 1. The molecule has 128 valence electrons. The number of carbonyl (C=O) groups is 1. The molecule has 1 atom stereocenters. The maximum Gasteiger partial charge on any atom is 0.265 e. The van der Waals surface area contributed by atoms with Crippen LogP contribution in [0.5, 0.6) is 5.75 Å². The minimum atomic E-state index is -0.508. The van der Waals surface area contributed by atoms with Crippen LogP contribution in [0.1, 0.15) is 31.4 Å². The van der Waals surface area contributed by atoms with Gasteiger partial charge in [-0.3, -0.25) is 4.79 Å². The van der Waals surface area contributed by atoms with Gasteiger partial charge in [-0.2, -0.15) is 0 Å². The Kier molecular flexibility index (Phi) is 6.73.